The first-order chi connectivity index (χ1) is 18.0. The molecule has 10 heteroatoms. The van der Waals surface area contributed by atoms with Gasteiger partial charge < -0.3 is 20.9 Å². The van der Waals surface area contributed by atoms with Crippen LogP contribution in [0.15, 0.2) is 63.3 Å². The standard InChI is InChI=1S/C27H29N7O2S/c1-4-7-25(35)34-15-6-8-23(34)26(33-16-13-30-24(28)18-33)32-22(5-2)20-9-11-21(12-10-20)27(36)31-19-37-17-14-29-3/h2,9-14,16-17,22-23H,3,6,8,15,18-19H2,1H3,(H2,28,30)(H,31,36)/b17-14-,32-26-. The fraction of sp³-hybridized carbons (Fsp3) is 0.296. The van der Waals surface area contributed by atoms with Crippen LogP contribution in [0.4, 0.5) is 0 Å². The number of thioether (sulfide) groups is 1. The summed E-state index contributed by atoms with van der Waals surface area (Å²) in [7, 11) is 0. The molecule has 1 aromatic rings. The molecule has 0 radical (unpaired) electrons. The third kappa shape index (κ3) is 7.35. The number of likely N-dealkylation sites (tertiary alicyclic amines) is 1. The lowest BCUT2D eigenvalue weighted by Crippen LogP contribution is -2.48. The summed E-state index contributed by atoms with van der Waals surface area (Å²) in [5.74, 6) is 9.06. The van der Waals surface area contributed by atoms with Gasteiger partial charge in [-0.25, -0.2) is 9.98 Å². The third-order valence-electron chi connectivity index (χ3n) is 5.64. The molecule has 0 bridgehead atoms. The van der Waals surface area contributed by atoms with Gasteiger partial charge in [-0.1, -0.05) is 24.0 Å². The van der Waals surface area contributed by atoms with Gasteiger partial charge in [0.25, 0.3) is 11.8 Å². The summed E-state index contributed by atoms with van der Waals surface area (Å²) in [6.07, 6.45) is 12.4. The Morgan fingerprint density at radius 1 is 1.41 bits per heavy atom. The first kappa shape index (κ1) is 27.3. The Hall–Kier alpha value is -4.28. The van der Waals surface area contributed by atoms with E-state index in [2.05, 4.69) is 39.8 Å². The molecule has 9 nitrogen and oxygen atoms in total. The van der Waals surface area contributed by atoms with Crippen molar-refractivity contribution in [2.75, 3.05) is 19.0 Å². The summed E-state index contributed by atoms with van der Waals surface area (Å²) in [4.78, 5) is 41.4. The molecule has 1 saturated heterocycles. The molecule has 190 valence electrons. The fourth-order valence-corrected chi connectivity index (χ4v) is 4.43. The van der Waals surface area contributed by atoms with Crippen molar-refractivity contribution in [2.24, 2.45) is 20.7 Å². The van der Waals surface area contributed by atoms with Crippen LogP contribution in [0.25, 0.3) is 0 Å². The normalized spacial score (nSPS) is 18.0. The summed E-state index contributed by atoms with van der Waals surface area (Å²) in [6.45, 7) is 5.91. The predicted octanol–water partition coefficient (Wildman–Crippen LogP) is 2.51. The molecule has 0 aromatic heterocycles. The Morgan fingerprint density at radius 3 is 2.86 bits per heavy atom. The Bertz CT molecular complexity index is 1230. The number of nitrogens with two attached hydrogens (primary N) is 1. The van der Waals surface area contributed by atoms with Gasteiger partial charge in [-0.15, -0.1) is 18.2 Å². The second kappa shape index (κ2) is 13.7. The molecule has 1 aromatic carbocycles. The zero-order chi connectivity index (χ0) is 26.6. The minimum Gasteiger partial charge on any atom is -0.386 e. The number of carbonyl (C=O) groups excluding carboxylic acids is 2. The number of nitrogens with one attached hydrogen (secondary N) is 1. The summed E-state index contributed by atoms with van der Waals surface area (Å²) in [5.41, 5.74) is 7.24. The van der Waals surface area contributed by atoms with Crippen LogP contribution in [-0.4, -0.2) is 65.0 Å². The molecule has 37 heavy (non-hydrogen) atoms. The van der Waals surface area contributed by atoms with Crippen molar-refractivity contribution < 1.29 is 9.59 Å². The van der Waals surface area contributed by atoms with Crippen molar-refractivity contribution in [1.29, 1.82) is 0 Å². The summed E-state index contributed by atoms with van der Waals surface area (Å²) in [6, 6.07) is 6.07. The van der Waals surface area contributed by atoms with E-state index in [1.807, 2.05) is 4.90 Å². The lowest BCUT2D eigenvalue weighted by atomic mass is 10.0. The number of terminal acetylenes is 1. The maximum Gasteiger partial charge on any atom is 0.299 e. The van der Waals surface area contributed by atoms with E-state index >= 15 is 0 Å². The summed E-state index contributed by atoms with van der Waals surface area (Å²) >= 11 is 1.40. The van der Waals surface area contributed by atoms with Crippen molar-refractivity contribution in [2.45, 2.75) is 31.8 Å². The van der Waals surface area contributed by atoms with Gasteiger partial charge in [0.15, 0.2) is 0 Å². The number of rotatable bonds is 8. The van der Waals surface area contributed by atoms with Gasteiger partial charge in [-0.05, 0) is 55.5 Å². The average Bonchev–Trinajstić information content (AvgIpc) is 3.39. The fourth-order valence-electron chi connectivity index (χ4n) is 3.94. The van der Waals surface area contributed by atoms with Crippen LogP contribution in [0, 0.1) is 24.2 Å². The molecule has 2 aliphatic heterocycles. The molecule has 2 heterocycles. The number of benzene rings is 1. The van der Waals surface area contributed by atoms with Gasteiger partial charge >= 0.3 is 0 Å². The smallest absolute Gasteiger partial charge is 0.299 e. The molecular formula is C27H29N7O2S. The monoisotopic (exact) mass is 515 g/mol. The van der Waals surface area contributed by atoms with Crippen molar-refractivity contribution in [3.63, 3.8) is 0 Å². The average molecular weight is 516 g/mol. The zero-order valence-electron chi connectivity index (χ0n) is 20.6. The van der Waals surface area contributed by atoms with Crippen LogP contribution in [0.1, 0.15) is 41.7 Å². The number of amidine groups is 2. The van der Waals surface area contributed by atoms with Crippen molar-refractivity contribution in [1.82, 2.24) is 15.1 Å². The third-order valence-corrected chi connectivity index (χ3v) is 6.27. The highest BCUT2D eigenvalue weighted by Crippen LogP contribution is 2.25. The maximum absolute atomic E-state index is 12.7. The molecule has 3 N–H and O–H groups in total. The molecule has 2 atom stereocenters. The van der Waals surface area contributed by atoms with Crippen LogP contribution in [0.2, 0.25) is 0 Å². The van der Waals surface area contributed by atoms with E-state index in [-0.39, 0.29) is 17.9 Å². The minimum absolute atomic E-state index is 0.203. The lowest BCUT2D eigenvalue weighted by Gasteiger charge is -2.32. The first-order valence-electron chi connectivity index (χ1n) is 11.6. The van der Waals surface area contributed by atoms with Crippen molar-refractivity contribution in [3.8, 4) is 24.2 Å². The van der Waals surface area contributed by atoms with Crippen LogP contribution in [0.5, 0.6) is 0 Å². The van der Waals surface area contributed by atoms with Gasteiger partial charge in [-0.3, -0.25) is 14.6 Å². The van der Waals surface area contributed by atoms with Crippen LogP contribution in [0.3, 0.4) is 0 Å². The molecule has 2 amide bonds. The van der Waals surface area contributed by atoms with Crippen LogP contribution < -0.4 is 11.1 Å². The van der Waals surface area contributed by atoms with E-state index in [0.29, 0.717) is 36.2 Å². The SMILES string of the molecule is C#CC(/N=C(/C1CCCN1C(=O)C#CC)N1C=CN=C(N)C1)c1ccc(C(=O)NCS/C=C\N=C)cc1. The predicted molar refractivity (Wildman–Crippen MR) is 150 cm³/mol. The largest absolute Gasteiger partial charge is 0.386 e. The van der Waals surface area contributed by atoms with Gasteiger partial charge in [0, 0.05) is 30.7 Å². The number of aliphatic imine (C=N–C) groups is 3. The topological polar surface area (TPSA) is 116 Å². The van der Waals surface area contributed by atoms with E-state index < -0.39 is 6.04 Å². The maximum atomic E-state index is 12.7. The van der Waals surface area contributed by atoms with E-state index in [1.165, 1.54) is 11.8 Å². The second-order valence-electron chi connectivity index (χ2n) is 8.04. The highest BCUT2D eigenvalue weighted by atomic mass is 32.2. The molecule has 0 saturated carbocycles. The van der Waals surface area contributed by atoms with Crippen LogP contribution in [-0.2, 0) is 4.79 Å². The van der Waals surface area contributed by atoms with Crippen molar-refractivity contribution in [3.05, 3.63) is 59.4 Å². The van der Waals surface area contributed by atoms with Gasteiger partial charge in [0.2, 0.25) is 0 Å². The van der Waals surface area contributed by atoms with Gasteiger partial charge in [0.1, 0.15) is 17.7 Å². The Morgan fingerprint density at radius 2 is 2.19 bits per heavy atom. The van der Waals surface area contributed by atoms with Crippen molar-refractivity contribution >= 4 is 42.0 Å². The molecule has 0 spiro atoms. The molecule has 1 fully saturated rings. The van der Waals surface area contributed by atoms with Crippen LogP contribution >= 0.6 is 11.8 Å². The first-order valence-corrected chi connectivity index (χ1v) is 12.7. The number of nitrogens with zero attached hydrogens (tertiary/aromatic N) is 5. The number of hydrogen-bond donors (Lipinski definition) is 2. The quantitative estimate of drug-likeness (QED) is 0.181. The number of amides is 2. The minimum atomic E-state index is -0.637. The highest BCUT2D eigenvalue weighted by molar-refractivity contribution is 8.02. The summed E-state index contributed by atoms with van der Waals surface area (Å²) in [5, 5.41) is 4.56. The molecule has 2 unspecified atom stereocenters. The van der Waals surface area contributed by atoms with Gasteiger partial charge in [-0.2, -0.15) is 0 Å². The Balaban J connectivity index is 1.85. The molecular weight excluding hydrogens is 486 g/mol. The van der Waals surface area contributed by atoms with E-state index in [4.69, 9.17) is 17.1 Å². The number of carbonyl (C=O) groups is 2. The Labute approximate surface area is 221 Å². The van der Waals surface area contributed by atoms with E-state index in [1.54, 1.807) is 60.1 Å². The molecule has 2 aliphatic rings. The molecule has 0 aliphatic carbocycles. The van der Waals surface area contributed by atoms with Gasteiger partial charge in [0.05, 0.1) is 18.5 Å². The zero-order valence-corrected chi connectivity index (χ0v) is 21.4. The van der Waals surface area contributed by atoms with E-state index in [0.717, 1.165) is 18.4 Å². The second-order valence-corrected chi connectivity index (χ2v) is 8.94. The number of hydrogen-bond acceptors (Lipinski definition) is 7. The molecule has 3 rings (SSSR count). The Kier molecular flexibility index (Phi) is 10.1. The lowest BCUT2D eigenvalue weighted by molar-refractivity contribution is -0.124. The summed E-state index contributed by atoms with van der Waals surface area (Å²) < 4.78 is 0. The highest BCUT2D eigenvalue weighted by Gasteiger charge is 2.35. The van der Waals surface area contributed by atoms with E-state index in [9.17, 15) is 9.59 Å².